The van der Waals surface area contributed by atoms with Gasteiger partial charge in [0.05, 0.1) is 40.7 Å². The van der Waals surface area contributed by atoms with Gasteiger partial charge in [-0.2, -0.15) is 0 Å². The molecule has 0 saturated carbocycles. The Bertz CT molecular complexity index is 1640. The van der Waals surface area contributed by atoms with Gasteiger partial charge in [-0.1, -0.05) is 24.3 Å². The van der Waals surface area contributed by atoms with Gasteiger partial charge in [-0.3, -0.25) is 9.59 Å². The minimum absolute atomic E-state index is 0.0357. The highest BCUT2D eigenvalue weighted by molar-refractivity contribution is 6.10. The molecule has 9 heteroatoms. The zero-order valence-corrected chi connectivity index (χ0v) is 25.9. The van der Waals surface area contributed by atoms with Gasteiger partial charge in [0, 0.05) is 34.9 Å². The highest BCUT2D eigenvalue weighted by Gasteiger charge is 2.41. The van der Waals surface area contributed by atoms with Gasteiger partial charge in [-0.25, -0.2) is 0 Å². The van der Waals surface area contributed by atoms with E-state index in [1.165, 1.54) is 0 Å². The van der Waals surface area contributed by atoms with Crippen molar-refractivity contribution in [3.8, 4) is 28.7 Å². The van der Waals surface area contributed by atoms with Gasteiger partial charge in [0.1, 0.15) is 5.75 Å². The van der Waals surface area contributed by atoms with Crippen molar-refractivity contribution in [1.82, 2.24) is 5.32 Å². The largest absolute Gasteiger partial charge is 0.495 e. The maximum Gasteiger partial charge on any atom is 0.254 e. The molecule has 0 saturated heterocycles. The van der Waals surface area contributed by atoms with Crippen molar-refractivity contribution in [3.63, 3.8) is 0 Å². The van der Waals surface area contributed by atoms with Crippen LogP contribution in [0.1, 0.15) is 49.7 Å². The van der Waals surface area contributed by atoms with Crippen molar-refractivity contribution in [3.05, 3.63) is 94.3 Å². The predicted octanol–water partition coefficient (Wildman–Crippen LogP) is 6.12. The third-order valence-electron chi connectivity index (χ3n) is 8.13. The van der Waals surface area contributed by atoms with Crippen molar-refractivity contribution >= 4 is 17.4 Å². The molecule has 2 aliphatic rings. The Kier molecular flexibility index (Phi) is 9.13. The first-order valence-electron chi connectivity index (χ1n) is 14.5. The standard InChI is InChI=1S/C35H38N2O7/c1-7-44-29-15-13-22(19-31(29)43-6)33-32(35(39)37-24-10-8-9-11-27(24)40-3)20(2)36-25-16-23(17-26(38)34(25)33)21-12-14-28(41-4)30(18-21)42-5/h8-15,18-19,23,33,36H,7,16-17H2,1-6H3,(H,37,39)/t23-,33-/m0/s1. The van der Waals surface area contributed by atoms with Crippen molar-refractivity contribution in [2.75, 3.05) is 40.4 Å². The molecule has 2 N–H and O–H groups in total. The number of benzene rings is 3. The Morgan fingerprint density at radius 3 is 2.16 bits per heavy atom. The van der Waals surface area contributed by atoms with Crippen LogP contribution in [0.2, 0.25) is 0 Å². The van der Waals surface area contributed by atoms with E-state index >= 15 is 0 Å². The summed E-state index contributed by atoms with van der Waals surface area (Å²) in [7, 11) is 6.32. The predicted molar refractivity (Wildman–Crippen MR) is 168 cm³/mol. The topological polar surface area (TPSA) is 104 Å². The summed E-state index contributed by atoms with van der Waals surface area (Å²) in [5.41, 5.74) is 4.74. The maximum absolute atomic E-state index is 14.1. The summed E-state index contributed by atoms with van der Waals surface area (Å²) in [5.74, 6) is 1.80. The monoisotopic (exact) mass is 598 g/mol. The molecule has 0 radical (unpaired) electrons. The van der Waals surface area contributed by atoms with Gasteiger partial charge in [-0.15, -0.1) is 0 Å². The van der Waals surface area contributed by atoms with Crippen LogP contribution in [0.15, 0.2) is 83.2 Å². The van der Waals surface area contributed by atoms with Crippen LogP contribution < -0.4 is 34.3 Å². The Morgan fingerprint density at radius 1 is 0.818 bits per heavy atom. The smallest absolute Gasteiger partial charge is 0.254 e. The van der Waals surface area contributed by atoms with Crippen molar-refractivity contribution in [1.29, 1.82) is 0 Å². The number of carbonyl (C=O) groups is 2. The van der Waals surface area contributed by atoms with Gasteiger partial charge in [0.25, 0.3) is 5.91 Å². The second-order valence-corrected chi connectivity index (χ2v) is 10.6. The fraction of sp³-hybridized carbons (Fsp3) is 0.314. The molecule has 3 aromatic rings. The highest BCUT2D eigenvalue weighted by Crippen LogP contribution is 2.47. The zero-order valence-electron chi connectivity index (χ0n) is 25.9. The number of rotatable bonds is 10. The van der Waals surface area contributed by atoms with E-state index in [-0.39, 0.29) is 24.0 Å². The van der Waals surface area contributed by atoms with Crippen LogP contribution in [-0.4, -0.2) is 46.7 Å². The van der Waals surface area contributed by atoms with E-state index in [9.17, 15) is 9.59 Å². The summed E-state index contributed by atoms with van der Waals surface area (Å²) >= 11 is 0. The molecule has 3 aromatic carbocycles. The Hall–Kier alpha value is -4.92. The number of para-hydroxylation sites is 2. The second kappa shape index (κ2) is 13.2. The number of amides is 1. The Labute approximate surface area is 257 Å². The van der Waals surface area contributed by atoms with E-state index in [1.807, 2.05) is 62.4 Å². The molecule has 1 aliphatic carbocycles. The summed E-state index contributed by atoms with van der Waals surface area (Å²) in [6.07, 6.45) is 0.862. The van der Waals surface area contributed by atoms with Crippen molar-refractivity contribution in [2.24, 2.45) is 0 Å². The lowest BCUT2D eigenvalue weighted by molar-refractivity contribution is -0.116. The van der Waals surface area contributed by atoms with Crippen LogP contribution in [0.5, 0.6) is 28.7 Å². The maximum atomic E-state index is 14.1. The van der Waals surface area contributed by atoms with Gasteiger partial charge >= 0.3 is 0 Å². The lowest BCUT2D eigenvalue weighted by atomic mass is 9.71. The number of hydrogen-bond donors (Lipinski definition) is 2. The van der Waals surface area contributed by atoms with E-state index in [4.69, 9.17) is 23.7 Å². The lowest BCUT2D eigenvalue weighted by Crippen LogP contribution is -2.37. The van der Waals surface area contributed by atoms with Gasteiger partial charge in [0.15, 0.2) is 28.8 Å². The zero-order chi connectivity index (χ0) is 31.4. The highest BCUT2D eigenvalue weighted by atomic mass is 16.5. The molecule has 1 heterocycles. The molecular weight excluding hydrogens is 560 g/mol. The first-order chi connectivity index (χ1) is 21.3. The average molecular weight is 599 g/mol. The third-order valence-corrected chi connectivity index (χ3v) is 8.13. The molecule has 0 aromatic heterocycles. The van der Waals surface area contributed by atoms with E-state index in [1.54, 1.807) is 40.6 Å². The molecule has 1 aliphatic heterocycles. The summed E-state index contributed by atoms with van der Waals surface area (Å²) in [5, 5.41) is 6.45. The minimum Gasteiger partial charge on any atom is -0.495 e. The van der Waals surface area contributed by atoms with Crippen molar-refractivity contribution < 1.29 is 33.3 Å². The Balaban J connectivity index is 1.59. The number of carbonyl (C=O) groups excluding carboxylic acids is 2. The third kappa shape index (κ3) is 5.82. The molecule has 0 fully saturated rings. The van der Waals surface area contributed by atoms with Crippen LogP contribution in [0, 0.1) is 0 Å². The normalized spacial score (nSPS) is 17.8. The number of methoxy groups -OCH3 is 4. The quantitative estimate of drug-likeness (QED) is 0.288. The first kappa shape index (κ1) is 30.5. The first-order valence-corrected chi connectivity index (χ1v) is 14.5. The summed E-state index contributed by atoms with van der Waals surface area (Å²) in [6, 6.07) is 18.5. The molecule has 1 amide bonds. The van der Waals surface area contributed by atoms with E-state index < -0.39 is 5.92 Å². The molecule has 0 unspecified atom stereocenters. The van der Waals surface area contributed by atoms with Gasteiger partial charge < -0.3 is 34.3 Å². The fourth-order valence-corrected chi connectivity index (χ4v) is 6.09. The number of hydrogen-bond acceptors (Lipinski definition) is 8. The number of Topliss-reactive ketones (excluding diaryl/α,β-unsaturated/α-hetero) is 1. The summed E-state index contributed by atoms with van der Waals surface area (Å²) < 4.78 is 27.8. The number of allylic oxidation sites excluding steroid dienone is 3. The molecule has 44 heavy (non-hydrogen) atoms. The van der Waals surface area contributed by atoms with Crippen LogP contribution in [-0.2, 0) is 9.59 Å². The lowest BCUT2D eigenvalue weighted by Gasteiger charge is -2.37. The minimum atomic E-state index is -0.635. The SMILES string of the molecule is CCOc1ccc([C@H]2C(C(=O)Nc3ccccc3OC)=C(C)NC3=C2C(=O)C[C@@H](c2ccc(OC)c(OC)c2)C3)cc1OC. The summed E-state index contributed by atoms with van der Waals surface area (Å²) in [6.45, 7) is 4.24. The molecule has 0 bridgehead atoms. The summed E-state index contributed by atoms with van der Waals surface area (Å²) in [4.78, 5) is 28.2. The number of dihydropyridines is 1. The van der Waals surface area contributed by atoms with E-state index in [2.05, 4.69) is 10.6 Å². The number of anilines is 1. The average Bonchev–Trinajstić information content (AvgIpc) is 3.04. The van der Waals surface area contributed by atoms with Crippen LogP contribution in [0.25, 0.3) is 0 Å². The van der Waals surface area contributed by atoms with E-state index in [0.717, 1.165) is 16.8 Å². The number of nitrogens with one attached hydrogen (secondary N) is 2. The van der Waals surface area contributed by atoms with Crippen LogP contribution in [0.3, 0.4) is 0 Å². The van der Waals surface area contributed by atoms with Gasteiger partial charge in [-0.05, 0) is 73.7 Å². The number of ketones is 1. The van der Waals surface area contributed by atoms with E-state index in [0.29, 0.717) is 64.3 Å². The molecule has 0 spiro atoms. The molecule has 230 valence electrons. The van der Waals surface area contributed by atoms with Crippen LogP contribution >= 0.6 is 0 Å². The number of ether oxygens (including phenoxy) is 5. The fourth-order valence-electron chi connectivity index (χ4n) is 6.09. The van der Waals surface area contributed by atoms with Crippen molar-refractivity contribution in [2.45, 2.75) is 38.5 Å². The molecular formula is C35H38N2O7. The second-order valence-electron chi connectivity index (χ2n) is 10.6. The Morgan fingerprint density at radius 2 is 1.45 bits per heavy atom. The molecule has 2 atom stereocenters. The molecule has 9 nitrogen and oxygen atoms in total. The van der Waals surface area contributed by atoms with Gasteiger partial charge in [0.2, 0.25) is 0 Å². The van der Waals surface area contributed by atoms with Crippen LogP contribution in [0.4, 0.5) is 5.69 Å². The molecule has 5 rings (SSSR count).